The van der Waals surface area contributed by atoms with Crippen LogP contribution < -0.4 is 4.74 Å². The maximum absolute atomic E-state index is 11.3. The van der Waals surface area contributed by atoms with E-state index in [1.165, 1.54) is 6.42 Å². The van der Waals surface area contributed by atoms with Crippen LogP contribution in [-0.2, 0) is 0 Å². The minimum Gasteiger partial charge on any atom is -0.489 e. The third kappa shape index (κ3) is 3.75. The molecule has 0 spiro atoms. The Morgan fingerprint density at radius 2 is 2.10 bits per heavy atom. The van der Waals surface area contributed by atoms with Gasteiger partial charge in [-0.25, -0.2) is 4.79 Å². The van der Waals surface area contributed by atoms with Gasteiger partial charge in [-0.2, -0.15) is 0 Å². The Morgan fingerprint density at radius 1 is 1.40 bits per heavy atom. The van der Waals surface area contributed by atoms with E-state index in [0.29, 0.717) is 11.7 Å². The van der Waals surface area contributed by atoms with Crippen LogP contribution in [0.4, 0.5) is 0 Å². The van der Waals surface area contributed by atoms with Crippen LogP contribution in [0.1, 0.15) is 50.4 Å². The van der Waals surface area contributed by atoms with Crippen LogP contribution in [-0.4, -0.2) is 17.2 Å². The van der Waals surface area contributed by atoms with Crippen molar-refractivity contribution in [2.75, 3.05) is 0 Å². The number of hydrogen-bond acceptors (Lipinski definition) is 2. The van der Waals surface area contributed by atoms with Gasteiger partial charge in [0.2, 0.25) is 0 Å². The Labute approximate surface area is 128 Å². The molecule has 0 heterocycles. The number of aromatic carboxylic acids is 1. The molecule has 2 unspecified atom stereocenters. The van der Waals surface area contributed by atoms with Gasteiger partial charge in [-0.15, -0.1) is 0 Å². The predicted octanol–water partition coefficient (Wildman–Crippen LogP) is 4.74. The lowest BCUT2D eigenvalue weighted by molar-refractivity contribution is 0.0532. The summed E-state index contributed by atoms with van der Waals surface area (Å²) in [6.07, 6.45) is 3.22. The highest BCUT2D eigenvalue weighted by Crippen LogP contribution is 2.40. The third-order valence-corrected chi connectivity index (χ3v) is 4.31. The minimum absolute atomic E-state index is 0.0844. The Hall–Kier alpha value is -1.03. The van der Waals surface area contributed by atoms with E-state index in [1.807, 2.05) is 0 Å². The van der Waals surface area contributed by atoms with Gasteiger partial charge in [-0.3, -0.25) is 0 Å². The highest BCUT2D eigenvalue weighted by molar-refractivity contribution is 9.10. The second-order valence-corrected chi connectivity index (χ2v) is 7.51. The average Bonchev–Trinajstić information content (AvgIpc) is 2.25. The molecule has 1 aliphatic rings. The number of carbonyl (C=O) groups is 1. The van der Waals surface area contributed by atoms with Gasteiger partial charge in [0.15, 0.2) is 0 Å². The summed E-state index contributed by atoms with van der Waals surface area (Å²) < 4.78 is 6.86. The third-order valence-electron chi connectivity index (χ3n) is 3.81. The van der Waals surface area contributed by atoms with Gasteiger partial charge in [0.05, 0.1) is 6.10 Å². The summed E-state index contributed by atoms with van der Waals surface area (Å²) in [4.78, 5) is 11.3. The van der Waals surface area contributed by atoms with Crippen molar-refractivity contribution >= 4 is 21.9 Å². The molecule has 1 saturated carbocycles. The maximum Gasteiger partial charge on any atom is 0.339 e. The molecule has 1 aromatic carbocycles. The largest absolute Gasteiger partial charge is 0.489 e. The molecule has 1 aromatic rings. The predicted molar refractivity (Wildman–Crippen MR) is 82.3 cm³/mol. The minimum atomic E-state index is -0.949. The summed E-state index contributed by atoms with van der Waals surface area (Å²) in [6, 6.07) is 5.05. The molecule has 0 radical (unpaired) electrons. The van der Waals surface area contributed by atoms with E-state index in [-0.39, 0.29) is 17.1 Å². The first-order valence-corrected chi connectivity index (χ1v) is 7.76. The number of benzene rings is 1. The van der Waals surface area contributed by atoms with Crippen LogP contribution in [0.5, 0.6) is 5.75 Å². The van der Waals surface area contributed by atoms with Crippen molar-refractivity contribution in [1.29, 1.82) is 0 Å². The first-order chi connectivity index (χ1) is 9.27. The van der Waals surface area contributed by atoms with Gasteiger partial charge in [0.25, 0.3) is 0 Å². The van der Waals surface area contributed by atoms with Gasteiger partial charge in [0.1, 0.15) is 11.3 Å². The molecule has 1 N–H and O–H groups in total. The van der Waals surface area contributed by atoms with Crippen molar-refractivity contribution in [2.24, 2.45) is 11.3 Å². The zero-order chi connectivity index (χ0) is 14.9. The molecular weight excluding hydrogens is 320 g/mol. The van der Waals surface area contributed by atoms with Crippen molar-refractivity contribution in [1.82, 2.24) is 0 Å². The monoisotopic (exact) mass is 340 g/mol. The van der Waals surface area contributed by atoms with Gasteiger partial charge in [-0.1, -0.05) is 36.7 Å². The Balaban J connectivity index is 2.21. The fourth-order valence-corrected chi connectivity index (χ4v) is 3.64. The molecule has 110 valence electrons. The lowest BCUT2D eigenvalue weighted by Crippen LogP contribution is -2.34. The van der Waals surface area contributed by atoms with Gasteiger partial charge < -0.3 is 9.84 Å². The maximum atomic E-state index is 11.3. The van der Waals surface area contributed by atoms with E-state index in [4.69, 9.17) is 4.74 Å². The lowest BCUT2D eigenvalue weighted by atomic mass is 9.71. The van der Waals surface area contributed by atoms with Crippen molar-refractivity contribution in [3.63, 3.8) is 0 Å². The molecule has 3 nitrogen and oxygen atoms in total. The lowest BCUT2D eigenvalue weighted by Gasteiger charge is -2.39. The number of rotatable bonds is 3. The van der Waals surface area contributed by atoms with E-state index in [0.717, 1.165) is 17.3 Å². The normalized spacial score (nSPS) is 25.2. The van der Waals surface area contributed by atoms with Crippen molar-refractivity contribution in [2.45, 2.75) is 46.1 Å². The SMILES string of the molecule is CC1CC(Oc2cc(Br)ccc2C(=O)O)CC(C)(C)C1. The second-order valence-electron chi connectivity index (χ2n) is 6.60. The standard InChI is InChI=1S/C16H21BrO3/c1-10-6-12(9-16(2,3)8-10)20-14-7-11(17)4-5-13(14)15(18)19/h4-5,7,10,12H,6,8-9H2,1-3H3,(H,18,19). The summed E-state index contributed by atoms with van der Waals surface area (Å²) in [5, 5.41) is 9.25. The van der Waals surface area contributed by atoms with E-state index in [2.05, 4.69) is 36.7 Å². The van der Waals surface area contributed by atoms with Crippen LogP contribution in [0.15, 0.2) is 22.7 Å². The second kappa shape index (κ2) is 5.76. The van der Waals surface area contributed by atoms with E-state index in [1.54, 1.807) is 18.2 Å². The van der Waals surface area contributed by atoms with Crippen LogP contribution in [0, 0.1) is 11.3 Å². The molecule has 4 heteroatoms. The van der Waals surface area contributed by atoms with Crippen LogP contribution in [0.2, 0.25) is 0 Å². The molecular formula is C16H21BrO3. The molecule has 0 bridgehead atoms. The Kier molecular flexibility index (Phi) is 4.43. The first kappa shape index (κ1) is 15.4. The van der Waals surface area contributed by atoms with E-state index >= 15 is 0 Å². The quantitative estimate of drug-likeness (QED) is 0.864. The van der Waals surface area contributed by atoms with Gasteiger partial charge in [0, 0.05) is 4.47 Å². The summed E-state index contributed by atoms with van der Waals surface area (Å²) in [6.45, 7) is 6.73. The molecule has 2 atom stereocenters. The molecule has 0 saturated heterocycles. The van der Waals surface area contributed by atoms with Gasteiger partial charge >= 0.3 is 5.97 Å². The zero-order valence-corrected chi connectivity index (χ0v) is 13.7. The smallest absolute Gasteiger partial charge is 0.339 e. The van der Waals surface area contributed by atoms with Crippen LogP contribution in [0.3, 0.4) is 0 Å². The topological polar surface area (TPSA) is 46.5 Å². The first-order valence-electron chi connectivity index (χ1n) is 6.96. The molecule has 1 aliphatic carbocycles. The summed E-state index contributed by atoms with van der Waals surface area (Å²) >= 11 is 3.37. The highest BCUT2D eigenvalue weighted by Gasteiger charge is 2.33. The Bertz CT molecular complexity index is 510. The van der Waals surface area contributed by atoms with Crippen LogP contribution >= 0.6 is 15.9 Å². The van der Waals surface area contributed by atoms with E-state index < -0.39 is 5.97 Å². The summed E-state index contributed by atoms with van der Waals surface area (Å²) in [5.74, 6) is 0.113. The molecule has 0 aliphatic heterocycles. The van der Waals surface area contributed by atoms with Crippen molar-refractivity contribution in [3.8, 4) is 5.75 Å². The number of hydrogen-bond donors (Lipinski definition) is 1. The molecule has 20 heavy (non-hydrogen) atoms. The summed E-state index contributed by atoms with van der Waals surface area (Å²) in [7, 11) is 0. The van der Waals surface area contributed by atoms with Crippen molar-refractivity contribution < 1.29 is 14.6 Å². The fraction of sp³-hybridized carbons (Fsp3) is 0.562. The summed E-state index contributed by atoms with van der Waals surface area (Å²) in [5.41, 5.74) is 0.474. The molecule has 0 amide bonds. The highest BCUT2D eigenvalue weighted by atomic mass is 79.9. The number of carboxylic acid groups (broad SMARTS) is 1. The van der Waals surface area contributed by atoms with E-state index in [9.17, 15) is 9.90 Å². The van der Waals surface area contributed by atoms with Gasteiger partial charge in [-0.05, 0) is 48.8 Å². The average molecular weight is 341 g/mol. The molecule has 1 fully saturated rings. The molecule has 0 aromatic heterocycles. The molecule has 2 rings (SSSR count). The van der Waals surface area contributed by atoms with Crippen LogP contribution in [0.25, 0.3) is 0 Å². The Morgan fingerprint density at radius 3 is 2.70 bits per heavy atom. The number of ether oxygens (including phenoxy) is 1. The number of carboxylic acids is 1. The zero-order valence-electron chi connectivity index (χ0n) is 12.1. The fourth-order valence-electron chi connectivity index (χ4n) is 3.30. The number of halogens is 1. The van der Waals surface area contributed by atoms with Crippen molar-refractivity contribution in [3.05, 3.63) is 28.2 Å².